The average Bonchev–Trinajstić information content (AvgIpc) is 2.88. The summed E-state index contributed by atoms with van der Waals surface area (Å²) < 4.78 is 6.38. The molecular weight excluding hydrogens is 248 g/mol. The van der Waals surface area contributed by atoms with E-state index in [1.807, 2.05) is 6.92 Å². The van der Waals surface area contributed by atoms with E-state index in [4.69, 9.17) is 10.3 Å². The number of carbonyl (C=O) groups excluding carboxylic acids is 1. The van der Waals surface area contributed by atoms with Gasteiger partial charge in [-0.3, -0.25) is 9.48 Å². The number of rotatable bonds is 4. The second-order valence-electron chi connectivity index (χ2n) is 4.25. The fourth-order valence-corrected chi connectivity index (χ4v) is 1.65. The van der Waals surface area contributed by atoms with Crippen molar-refractivity contribution in [2.45, 2.75) is 33.9 Å². The van der Waals surface area contributed by atoms with Crippen LogP contribution >= 0.6 is 0 Å². The van der Waals surface area contributed by atoms with Gasteiger partial charge in [0.2, 0.25) is 11.8 Å². The van der Waals surface area contributed by atoms with Gasteiger partial charge < -0.3 is 15.6 Å². The molecule has 2 heterocycles. The molecule has 102 valence electrons. The summed E-state index contributed by atoms with van der Waals surface area (Å²) in [6.45, 7) is 5.66. The van der Waals surface area contributed by atoms with Gasteiger partial charge in [0.05, 0.1) is 23.6 Å². The Morgan fingerprint density at radius 2 is 2.16 bits per heavy atom. The monoisotopic (exact) mass is 264 g/mol. The lowest BCUT2D eigenvalue weighted by Crippen LogP contribution is -2.28. The highest BCUT2D eigenvalue weighted by molar-refractivity contribution is 5.75. The van der Waals surface area contributed by atoms with E-state index in [1.165, 1.54) is 0 Å². The summed E-state index contributed by atoms with van der Waals surface area (Å²) in [5, 5.41) is 10.6. The number of hydrogen-bond acceptors (Lipinski definition) is 6. The second-order valence-corrected chi connectivity index (χ2v) is 4.25. The maximum atomic E-state index is 11.8. The van der Waals surface area contributed by atoms with Crippen LogP contribution in [0.1, 0.15) is 23.1 Å². The SMILES string of the molecule is Cc1nc(CNC(=O)Cn2nc(C)c(N)c2C)no1. The number of aromatic nitrogens is 4. The van der Waals surface area contributed by atoms with Crippen molar-refractivity contribution >= 4 is 11.6 Å². The predicted molar refractivity (Wildman–Crippen MR) is 67.0 cm³/mol. The maximum absolute atomic E-state index is 11.8. The van der Waals surface area contributed by atoms with E-state index in [9.17, 15) is 4.79 Å². The van der Waals surface area contributed by atoms with Crippen molar-refractivity contribution < 1.29 is 9.32 Å². The van der Waals surface area contributed by atoms with Crippen molar-refractivity contribution in [3.05, 3.63) is 23.1 Å². The van der Waals surface area contributed by atoms with E-state index < -0.39 is 0 Å². The van der Waals surface area contributed by atoms with Gasteiger partial charge in [-0.05, 0) is 13.8 Å². The lowest BCUT2D eigenvalue weighted by atomic mass is 10.3. The molecule has 0 atom stereocenters. The first-order valence-electron chi connectivity index (χ1n) is 5.82. The molecule has 0 aromatic carbocycles. The minimum absolute atomic E-state index is 0.112. The van der Waals surface area contributed by atoms with Crippen molar-refractivity contribution in [1.82, 2.24) is 25.2 Å². The van der Waals surface area contributed by atoms with Crippen LogP contribution in [0.4, 0.5) is 5.69 Å². The van der Waals surface area contributed by atoms with Gasteiger partial charge in [-0.2, -0.15) is 10.1 Å². The molecule has 0 saturated carbocycles. The molecule has 0 fully saturated rings. The summed E-state index contributed by atoms with van der Waals surface area (Å²) in [5.74, 6) is 0.724. The first kappa shape index (κ1) is 13.1. The number of hydrogen-bond donors (Lipinski definition) is 2. The van der Waals surface area contributed by atoms with Crippen molar-refractivity contribution in [2.24, 2.45) is 0 Å². The number of aryl methyl sites for hydroxylation is 2. The third-order valence-electron chi connectivity index (χ3n) is 2.74. The topological polar surface area (TPSA) is 112 Å². The minimum Gasteiger partial charge on any atom is -0.396 e. The Balaban J connectivity index is 1.92. The number of nitrogens with two attached hydrogens (primary N) is 1. The van der Waals surface area contributed by atoms with E-state index in [2.05, 4.69) is 20.6 Å². The molecule has 0 saturated heterocycles. The number of amides is 1. The van der Waals surface area contributed by atoms with Gasteiger partial charge in [0.1, 0.15) is 6.54 Å². The van der Waals surface area contributed by atoms with Crippen molar-refractivity contribution in [3.63, 3.8) is 0 Å². The second kappa shape index (κ2) is 5.09. The average molecular weight is 264 g/mol. The number of nitrogens with one attached hydrogen (secondary N) is 1. The highest BCUT2D eigenvalue weighted by atomic mass is 16.5. The fourth-order valence-electron chi connectivity index (χ4n) is 1.65. The number of nitrogens with zero attached hydrogens (tertiary/aromatic N) is 4. The molecule has 1 amide bonds. The van der Waals surface area contributed by atoms with Crippen LogP contribution in [0.3, 0.4) is 0 Å². The Bertz CT molecular complexity index is 600. The predicted octanol–water partition coefficient (Wildman–Crippen LogP) is 0.0900. The molecule has 19 heavy (non-hydrogen) atoms. The van der Waals surface area contributed by atoms with Gasteiger partial charge in [-0.25, -0.2) is 0 Å². The molecule has 8 heteroatoms. The van der Waals surface area contributed by atoms with Crippen LogP contribution < -0.4 is 11.1 Å². The number of carbonyl (C=O) groups is 1. The first-order valence-corrected chi connectivity index (χ1v) is 5.82. The van der Waals surface area contributed by atoms with Gasteiger partial charge in [-0.1, -0.05) is 5.16 Å². The zero-order valence-electron chi connectivity index (χ0n) is 11.1. The number of anilines is 1. The third kappa shape index (κ3) is 2.90. The molecule has 0 aliphatic carbocycles. The zero-order valence-corrected chi connectivity index (χ0v) is 11.1. The third-order valence-corrected chi connectivity index (χ3v) is 2.74. The van der Waals surface area contributed by atoms with Crippen molar-refractivity contribution in [1.29, 1.82) is 0 Å². The van der Waals surface area contributed by atoms with Crippen LogP contribution in [0.5, 0.6) is 0 Å². The van der Waals surface area contributed by atoms with Crippen molar-refractivity contribution in [2.75, 3.05) is 5.73 Å². The zero-order chi connectivity index (χ0) is 14.0. The summed E-state index contributed by atoms with van der Waals surface area (Å²) in [6, 6.07) is 0. The lowest BCUT2D eigenvalue weighted by Gasteiger charge is -2.04. The van der Waals surface area contributed by atoms with E-state index in [-0.39, 0.29) is 19.0 Å². The molecule has 0 aliphatic heterocycles. The molecule has 3 N–H and O–H groups in total. The molecule has 2 aromatic heterocycles. The molecule has 2 rings (SSSR count). The fraction of sp³-hybridized carbons (Fsp3) is 0.455. The van der Waals surface area contributed by atoms with Crippen LogP contribution in [0, 0.1) is 20.8 Å². The number of nitrogen functional groups attached to an aromatic ring is 1. The Morgan fingerprint density at radius 3 is 2.68 bits per heavy atom. The lowest BCUT2D eigenvalue weighted by molar-refractivity contribution is -0.122. The van der Waals surface area contributed by atoms with E-state index in [0.717, 1.165) is 11.4 Å². The smallest absolute Gasteiger partial charge is 0.242 e. The molecule has 0 unspecified atom stereocenters. The highest BCUT2D eigenvalue weighted by Gasteiger charge is 2.12. The summed E-state index contributed by atoms with van der Waals surface area (Å²) in [6.07, 6.45) is 0. The highest BCUT2D eigenvalue weighted by Crippen LogP contribution is 2.14. The Hall–Kier alpha value is -2.38. The van der Waals surface area contributed by atoms with E-state index in [0.29, 0.717) is 17.4 Å². The largest absolute Gasteiger partial charge is 0.396 e. The Labute approximate surface area is 110 Å². The molecule has 8 nitrogen and oxygen atoms in total. The van der Waals surface area contributed by atoms with Gasteiger partial charge in [0.15, 0.2) is 5.82 Å². The Kier molecular flexibility index (Phi) is 3.50. The summed E-state index contributed by atoms with van der Waals surface area (Å²) >= 11 is 0. The van der Waals surface area contributed by atoms with E-state index >= 15 is 0 Å². The van der Waals surface area contributed by atoms with Gasteiger partial charge in [0.25, 0.3) is 0 Å². The van der Waals surface area contributed by atoms with E-state index in [1.54, 1.807) is 18.5 Å². The van der Waals surface area contributed by atoms with Crippen molar-refractivity contribution in [3.8, 4) is 0 Å². The molecule has 0 bridgehead atoms. The van der Waals surface area contributed by atoms with Crippen LogP contribution in [0.25, 0.3) is 0 Å². The summed E-state index contributed by atoms with van der Waals surface area (Å²) in [7, 11) is 0. The first-order chi connectivity index (χ1) is 8.97. The molecule has 0 aliphatic rings. The standard InChI is InChI=1S/C11H16N6O2/c1-6-11(12)7(2)17(15-6)5-10(18)13-4-9-14-8(3)19-16-9/h4-5,12H2,1-3H3,(H,13,18). The van der Waals surface area contributed by atoms with Gasteiger partial charge in [0, 0.05) is 6.92 Å². The van der Waals surface area contributed by atoms with Gasteiger partial charge >= 0.3 is 0 Å². The van der Waals surface area contributed by atoms with Gasteiger partial charge in [-0.15, -0.1) is 0 Å². The maximum Gasteiger partial charge on any atom is 0.242 e. The van der Waals surface area contributed by atoms with Crippen LogP contribution in [-0.4, -0.2) is 25.8 Å². The summed E-state index contributed by atoms with van der Waals surface area (Å²) in [4.78, 5) is 15.8. The molecule has 0 spiro atoms. The molecular formula is C11H16N6O2. The summed E-state index contributed by atoms with van der Waals surface area (Å²) in [5.41, 5.74) is 7.91. The van der Waals surface area contributed by atoms with Crippen LogP contribution in [0.2, 0.25) is 0 Å². The minimum atomic E-state index is -0.187. The van der Waals surface area contributed by atoms with Crippen LogP contribution in [-0.2, 0) is 17.9 Å². The molecule has 0 radical (unpaired) electrons. The Morgan fingerprint density at radius 1 is 1.42 bits per heavy atom. The molecule has 2 aromatic rings. The quantitative estimate of drug-likeness (QED) is 0.809. The van der Waals surface area contributed by atoms with Crippen LogP contribution in [0.15, 0.2) is 4.52 Å². The normalized spacial score (nSPS) is 10.7.